The molecule has 0 saturated carbocycles. The number of hydrogen-bond acceptors (Lipinski definition) is 9. The molecule has 22 heavy (non-hydrogen) atoms. The van der Waals surface area contributed by atoms with Crippen molar-refractivity contribution in [2.45, 2.75) is 0 Å². The Bertz CT molecular complexity index is 300. The second-order valence-corrected chi connectivity index (χ2v) is 5.42. The van der Waals surface area contributed by atoms with Crippen molar-refractivity contribution in [1.82, 2.24) is 19.9 Å². The van der Waals surface area contributed by atoms with Crippen molar-refractivity contribution >= 4 is 6.16 Å². The minimum absolute atomic E-state index is 0.144. The first kappa shape index (κ1) is 17.4. The van der Waals surface area contributed by atoms with Crippen LogP contribution in [0.15, 0.2) is 0 Å². The number of β-amino-alcohol motifs (C(OH)–C–C–N with tert-alkyl or cyclic N) is 2. The van der Waals surface area contributed by atoms with Crippen LogP contribution in [0.2, 0.25) is 0 Å². The minimum Gasteiger partial charge on any atom is -0.395 e. The zero-order chi connectivity index (χ0) is 15.8. The van der Waals surface area contributed by atoms with E-state index in [0.29, 0.717) is 39.3 Å². The van der Waals surface area contributed by atoms with E-state index in [1.165, 1.54) is 0 Å². The van der Waals surface area contributed by atoms with Crippen molar-refractivity contribution in [3.63, 3.8) is 0 Å². The minimum atomic E-state index is -0.703. The van der Waals surface area contributed by atoms with Crippen molar-refractivity contribution in [3.05, 3.63) is 0 Å². The van der Waals surface area contributed by atoms with Gasteiger partial charge in [-0.3, -0.25) is 9.80 Å². The molecule has 2 aliphatic heterocycles. The molecule has 0 bridgehead atoms. The molecule has 0 unspecified atom stereocenters. The lowest BCUT2D eigenvalue weighted by atomic mass is 10.3. The lowest BCUT2D eigenvalue weighted by molar-refractivity contribution is -0.203. The molecule has 2 fully saturated rings. The van der Waals surface area contributed by atoms with Crippen LogP contribution >= 0.6 is 0 Å². The normalized spacial score (nSPS) is 22.6. The standard InChI is InChI=1S/C13H26N4O5/c18-11-9-14-1-5-16(6-2-14)21-13(20)22-17-7-3-15(4-8-17)10-12-19/h18-19H,1-12H2. The van der Waals surface area contributed by atoms with Gasteiger partial charge in [-0.2, -0.15) is 4.79 Å². The number of aliphatic hydroxyl groups is 2. The fraction of sp³-hybridized carbons (Fsp3) is 0.923. The maximum absolute atomic E-state index is 11.8. The Morgan fingerprint density at radius 2 is 1.09 bits per heavy atom. The Morgan fingerprint density at radius 1 is 0.727 bits per heavy atom. The molecule has 9 nitrogen and oxygen atoms in total. The van der Waals surface area contributed by atoms with Gasteiger partial charge >= 0.3 is 6.16 Å². The predicted octanol–water partition coefficient (Wildman–Crippen LogP) is -1.81. The van der Waals surface area contributed by atoms with Gasteiger partial charge in [0, 0.05) is 65.4 Å². The molecule has 0 aromatic rings. The summed E-state index contributed by atoms with van der Waals surface area (Å²) in [5.74, 6) is 0. The first-order valence-corrected chi connectivity index (χ1v) is 7.77. The quantitative estimate of drug-likeness (QED) is 0.588. The summed E-state index contributed by atoms with van der Waals surface area (Å²) in [6.45, 7) is 7.06. The third-order valence-electron chi connectivity index (χ3n) is 3.90. The van der Waals surface area contributed by atoms with Gasteiger partial charge in [0.2, 0.25) is 0 Å². The molecule has 9 heteroatoms. The summed E-state index contributed by atoms with van der Waals surface area (Å²) in [7, 11) is 0. The van der Waals surface area contributed by atoms with Gasteiger partial charge < -0.3 is 19.9 Å². The van der Waals surface area contributed by atoms with Crippen molar-refractivity contribution in [3.8, 4) is 0 Å². The summed E-state index contributed by atoms with van der Waals surface area (Å²) in [6, 6.07) is 0. The Labute approximate surface area is 130 Å². The molecule has 2 aliphatic rings. The molecule has 0 aromatic carbocycles. The predicted molar refractivity (Wildman–Crippen MR) is 77.8 cm³/mol. The molecule has 2 saturated heterocycles. The molecule has 2 heterocycles. The van der Waals surface area contributed by atoms with Gasteiger partial charge in [0.05, 0.1) is 13.2 Å². The van der Waals surface area contributed by atoms with E-state index < -0.39 is 6.16 Å². The number of hydroxylamine groups is 4. The largest absolute Gasteiger partial charge is 0.547 e. The van der Waals surface area contributed by atoms with Gasteiger partial charge in [-0.15, -0.1) is 10.1 Å². The maximum atomic E-state index is 11.8. The number of hydrogen-bond donors (Lipinski definition) is 2. The molecule has 0 amide bonds. The molecule has 0 spiro atoms. The average molecular weight is 318 g/mol. The van der Waals surface area contributed by atoms with Crippen LogP contribution in [0.3, 0.4) is 0 Å². The van der Waals surface area contributed by atoms with E-state index in [1.807, 2.05) is 0 Å². The van der Waals surface area contributed by atoms with Crippen molar-refractivity contribution in [1.29, 1.82) is 0 Å². The zero-order valence-corrected chi connectivity index (χ0v) is 12.9. The van der Waals surface area contributed by atoms with Crippen LogP contribution < -0.4 is 0 Å². The number of rotatable bonds is 6. The van der Waals surface area contributed by atoms with E-state index in [4.69, 9.17) is 19.9 Å². The van der Waals surface area contributed by atoms with Crippen LogP contribution in [0.25, 0.3) is 0 Å². The van der Waals surface area contributed by atoms with Crippen molar-refractivity contribution in [2.75, 3.05) is 78.7 Å². The van der Waals surface area contributed by atoms with Gasteiger partial charge in [0.15, 0.2) is 0 Å². The second-order valence-electron chi connectivity index (χ2n) is 5.42. The van der Waals surface area contributed by atoms with E-state index in [1.54, 1.807) is 10.1 Å². The molecular weight excluding hydrogens is 292 g/mol. The highest BCUT2D eigenvalue weighted by molar-refractivity contribution is 5.59. The summed E-state index contributed by atoms with van der Waals surface area (Å²) in [5, 5.41) is 21.0. The lowest BCUT2D eigenvalue weighted by Gasteiger charge is -2.34. The van der Waals surface area contributed by atoms with E-state index in [0.717, 1.165) is 26.2 Å². The Hall–Kier alpha value is -0.970. The van der Waals surface area contributed by atoms with Crippen molar-refractivity contribution < 1.29 is 24.7 Å². The zero-order valence-electron chi connectivity index (χ0n) is 12.9. The number of nitrogens with zero attached hydrogens (tertiary/aromatic N) is 4. The Morgan fingerprint density at radius 3 is 1.41 bits per heavy atom. The highest BCUT2D eigenvalue weighted by Gasteiger charge is 2.24. The SMILES string of the molecule is O=C(ON1CCN(CCO)CC1)ON1CCN(CCO)CC1. The van der Waals surface area contributed by atoms with E-state index in [-0.39, 0.29) is 13.2 Å². The van der Waals surface area contributed by atoms with Crippen LogP contribution in [-0.2, 0) is 9.68 Å². The van der Waals surface area contributed by atoms with Gasteiger partial charge in [-0.25, -0.2) is 0 Å². The van der Waals surface area contributed by atoms with Crippen LogP contribution in [0.1, 0.15) is 0 Å². The molecule has 0 atom stereocenters. The molecule has 0 aromatic heterocycles. The summed E-state index contributed by atoms with van der Waals surface area (Å²) < 4.78 is 0. The topological polar surface area (TPSA) is 89.0 Å². The third kappa shape index (κ3) is 5.67. The molecular formula is C13H26N4O5. The van der Waals surface area contributed by atoms with Crippen LogP contribution in [0, 0.1) is 0 Å². The maximum Gasteiger partial charge on any atom is 0.547 e. The van der Waals surface area contributed by atoms with Crippen LogP contribution in [0.4, 0.5) is 4.79 Å². The van der Waals surface area contributed by atoms with Gasteiger partial charge in [-0.1, -0.05) is 0 Å². The first-order valence-electron chi connectivity index (χ1n) is 7.77. The Balaban J connectivity index is 1.60. The van der Waals surface area contributed by atoms with E-state index >= 15 is 0 Å². The van der Waals surface area contributed by atoms with Gasteiger partial charge in [0.25, 0.3) is 0 Å². The summed E-state index contributed by atoms with van der Waals surface area (Å²) in [4.78, 5) is 26.4. The van der Waals surface area contributed by atoms with Crippen molar-refractivity contribution in [2.24, 2.45) is 0 Å². The number of carbonyl (C=O) groups is 1. The lowest BCUT2D eigenvalue weighted by Crippen LogP contribution is -2.50. The molecule has 2 N–H and O–H groups in total. The molecule has 0 aliphatic carbocycles. The summed E-state index contributed by atoms with van der Waals surface area (Å²) in [5.41, 5.74) is 0. The van der Waals surface area contributed by atoms with Gasteiger partial charge in [-0.05, 0) is 0 Å². The Kier molecular flexibility index (Phi) is 7.30. The van der Waals surface area contributed by atoms with E-state index in [2.05, 4.69) is 9.80 Å². The molecule has 2 rings (SSSR count). The first-order chi connectivity index (χ1) is 10.7. The summed E-state index contributed by atoms with van der Waals surface area (Å²) in [6.07, 6.45) is -0.703. The average Bonchev–Trinajstić information content (AvgIpc) is 2.52. The highest BCUT2D eigenvalue weighted by atomic mass is 16.9. The van der Waals surface area contributed by atoms with E-state index in [9.17, 15) is 4.79 Å². The van der Waals surface area contributed by atoms with Gasteiger partial charge in [0.1, 0.15) is 0 Å². The fourth-order valence-corrected chi connectivity index (χ4v) is 2.60. The van der Waals surface area contributed by atoms with Crippen LogP contribution in [0.5, 0.6) is 0 Å². The number of piperazine rings is 2. The molecule has 128 valence electrons. The number of aliphatic hydroxyl groups excluding tert-OH is 2. The third-order valence-corrected chi connectivity index (χ3v) is 3.90. The number of carbonyl (C=O) groups excluding carboxylic acids is 1. The highest BCUT2D eigenvalue weighted by Crippen LogP contribution is 2.06. The smallest absolute Gasteiger partial charge is 0.395 e. The fourth-order valence-electron chi connectivity index (χ4n) is 2.60. The second kappa shape index (κ2) is 9.23. The monoisotopic (exact) mass is 318 g/mol. The van der Waals surface area contributed by atoms with Crippen LogP contribution in [-0.4, -0.2) is 115 Å². The summed E-state index contributed by atoms with van der Waals surface area (Å²) >= 11 is 0. The molecule has 0 radical (unpaired) electrons.